The number of nitrogens with one attached hydrogen (secondary N) is 1. The molecule has 2 aromatic rings. The highest BCUT2D eigenvalue weighted by molar-refractivity contribution is 6.30. The van der Waals surface area contributed by atoms with Gasteiger partial charge < -0.3 is 15.0 Å². The maximum atomic E-state index is 12.7. The molecule has 1 N–H and O–H groups in total. The number of alkyl halides is 3. The molecule has 2 aromatic heterocycles. The quantitative estimate of drug-likeness (QED) is 0.690. The van der Waals surface area contributed by atoms with Gasteiger partial charge in [-0.05, 0) is 33.6 Å². The fourth-order valence-electron chi connectivity index (χ4n) is 2.98. The monoisotopic (exact) mass is 446 g/mol. The Morgan fingerprint density at radius 2 is 1.90 bits per heavy atom. The van der Waals surface area contributed by atoms with Crippen LogP contribution in [0.15, 0.2) is 18.6 Å². The minimum absolute atomic E-state index is 0.0627. The molecule has 0 atom stereocenters. The fourth-order valence-corrected chi connectivity index (χ4v) is 3.22. The van der Waals surface area contributed by atoms with E-state index in [2.05, 4.69) is 20.4 Å². The summed E-state index contributed by atoms with van der Waals surface area (Å²) in [4.78, 5) is 21.1. The lowest BCUT2D eigenvalue weighted by Crippen LogP contribution is -2.42. The summed E-state index contributed by atoms with van der Waals surface area (Å²) in [6.45, 7) is 6.55. The standard InChI is InChI=1S/C18H22ClF3N6O2/c1-17(2,3)30-16(29)27-6-4-12(5-7-27)28-10-11(8-24-28)25-15-23-9-13(14(19)26-15)18(20,21)22/h8-10,12H,4-7H2,1-3H3,(H,23,25,26). The summed E-state index contributed by atoms with van der Waals surface area (Å²) in [5.41, 5.74) is -1.12. The molecule has 1 fully saturated rings. The van der Waals surface area contributed by atoms with Gasteiger partial charge in [-0.3, -0.25) is 4.68 Å². The molecule has 1 amide bonds. The molecule has 0 unspecified atom stereocenters. The largest absolute Gasteiger partial charge is 0.444 e. The van der Waals surface area contributed by atoms with Gasteiger partial charge in [-0.15, -0.1) is 0 Å². The molecular formula is C18H22ClF3N6O2. The topological polar surface area (TPSA) is 85.2 Å². The minimum atomic E-state index is -4.62. The molecule has 8 nitrogen and oxygen atoms in total. The first kappa shape index (κ1) is 22.1. The highest BCUT2D eigenvalue weighted by Gasteiger charge is 2.34. The first-order valence-corrected chi connectivity index (χ1v) is 9.69. The van der Waals surface area contributed by atoms with E-state index in [-0.39, 0.29) is 18.1 Å². The van der Waals surface area contributed by atoms with E-state index in [1.54, 1.807) is 15.8 Å². The molecule has 0 spiro atoms. The van der Waals surface area contributed by atoms with Crippen LogP contribution >= 0.6 is 11.6 Å². The summed E-state index contributed by atoms with van der Waals surface area (Å²) >= 11 is 5.61. The number of anilines is 2. The lowest BCUT2D eigenvalue weighted by Gasteiger charge is -2.33. The van der Waals surface area contributed by atoms with E-state index in [1.807, 2.05) is 20.8 Å². The Labute approximate surface area is 176 Å². The Morgan fingerprint density at radius 1 is 1.23 bits per heavy atom. The lowest BCUT2D eigenvalue weighted by atomic mass is 10.1. The molecular weight excluding hydrogens is 425 g/mol. The van der Waals surface area contributed by atoms with E-state index in [4.69, 9.17) is 16.3 Å². The number of rotatable bonds is 3. The van der Waals surface area contributed by atoms with Crippen LogP contribution in [0, 0.1) is 0 Å². The smallest absolute Gasteiger partial charge is 0.420 e. The SMILES string of the molecule is CC(C)(C)OC(=O)N1CCC(n2cc(Nc3ncc(C(F)(F)F)c(Cl)n3)cn2)CC1. The van der Waals surface area contributed by atoms with Crippen molar-refractivity contribution in [1.29, 1.82) is 0 Å². The zero-order valence-corrected chi connectivity index (χ0v) is 17.5. The molecule has 0 saturated carbocycles. The van der Waals surface area contributed by atoms with Gasteiger partial charge in [-0.25, -0.2) is 14.8 Å². The van der Waals surface area contributed by atoms with Crippen molar-refractivity contribution in [2.24, 2.45) is 0 Å². The molecule has 0 bridgehead atoms. The van der Waals surface area contributed by atoms with Gasteiger partial charge in [0.15, 0.2) is 0 Å². The second-order valence-corrected chi connectivity index (χ2v) is 8.29. The van der Waals surface area contributed by atoms with E-state index in [0.29, 0.717) is 37.8 Å². The molecule has 3 heterocycles. The van der Waals surface area contributed by atoms with Crippen molar-refractivity contribution >= 4 is 29.3 Å². The maximum Gasteiger partial charge on any atom is 0.420 e. The number of carbonyl (C=O) groups is 1. The van der Waals surface area contributed by atoms with Gasteiger partial charge in [0.05, 0.1) is 17.9 Å². The zero-order chi connectivity index (χ0) is 22.1. The Bertz CT molecular complexity index is 904. The van der Waals surface area contributed by atoms with Gasteiger partial charge in [-0.2, -0.15) is 18.3 Å². The van der Waals surface area contributed by atoms with Crippen LogP contribution in [0.25, 0.3) is 0 Å². The summed E-state index contributed by atoms with van der Waals surface area (Å²) < 4.78 is 45.4. The van der Waals surface area contributed by atoms with Crippen molar-refractivity contribution in [3.05, 3.63) is 29.3 Å². The number of hydrogen-bond acceptors (Lipinski definition) is 6. The third kappa shape index (κ3) is 5.53. The van der Waals surface area contributed by atoms with Crippen molar-refractivity contribution in [2.75, 3.05) is 18.4 Å². The van der Waals surface area contributed by atoms with Gasteiger partial charge in [0, 0.05) is 25.5 Å². The predicted octanol–water partition coefficient (Wildman–Crippen LogP) is 4.66. The fraction of sp³-hybridized carbons (Fsp3) is 0.556. The van der Waals surface area contributed by atoms with Crippen LogP contribution in [-0.2, 0) is 10.9 Å². The van der Waals surface area contributed by atoms with Crippen LogP contribution in [0.2, 0.25) is 5.15 Å². The molecule has 0 aliphatic carbocycles. The third-order valence-electron chi connectivity index (χ3n) is 4.40. The van der Waals surface area contributed by atoms with E-state index in [9.17, 15) is 18.0 Å². The minimum Gasteiger partial charge on any atom is -0.444 e. The second kappa shape index (κ2) is 8.29. The first-order valence-electron chi connectivity index (χ1n) is 9.31. The number of amides is 1. The van der Waals surface area contributed by atoms with Crippen LogP contribution < -0.4 is 5.32 Å². The summed E-state index contributed by atoms with van der Waals surface area (Å²) in [6, 6.07) is 0.0800. The van der Waals surface area contributed by atoms with Crippen molar-refractivity contribution in [2.45, 2.75) is 51.4 Å². The molecule has 3 rings (SSSR count). The highest BCUT2D eigenvalue weighted by atomic mass is 35.5. The number of ether oxygens (including phenoxy) is 1. The third-order valence-corrected chi connectivity index (χ3v) is 4.68. The lowest BCUT2D eigenvalue weighted by molar-refractivity contribution is -0.137. The zero-order valence-electron chi connectivity index (χ0n) is 16.7. The van der Waals surface area contributed by atoms with Crippen LogP contribution in [0.5, 0.6) is 0 Å². The number of nitrogens with zero attached hydrogens (tertiary/aromatic N) is 5. The average molecular weight is 447 g/mol. The van der Waals surface area contributed by atoms with E-state index in [0.717, 1.165) is 0 Å². The summed E-state index contributed by atoms with van der Waals surface area (Å²) in [6.07, 6.45) is 0.313. The van der Waals surface area contributed by atoms with Crippen LogP contribution in [0.3, 0.4) is 0 Å². The van der Waals surface area contributed by atoms with Crippen molar-refractivity contribution in [3.63, 3.8) is 0 Å². The van der Waals surface area contributed by atoms with E-state index in [1.165, 1.54) is 6.20 Å². The second-order valence-electron chi connectivity index (χ2n) is 7.93. The van der Waals surface area contributed by atoms with Gasteiger partial charge in [0.1, 0.15) is 16.3 Å². The number of aromatic nitrogens is 4. The van der Waals surface area contributed by atoms with Crippen LogP contribution in [0.1, 0.15) is 45.2 Å². The number of halogens is 4. The molecule has 0 aromatic carbocycles. The Kier molecular flexibility index (Phi) is 6.11. The number of likely N-dealkylation sites (tertiary alicyclic amines) is 1. The summed E-state index contributed by atoms with van der Waals surface area (Å²) in [5.74, 6) is -0.0627. The molecule has 12 heteroatoms. The van der Waals surface area contributed by atoms with Crippen molar-refractivity contribution in [3.8, 4) is 0 Å². The molecule has 30 heavy (non-hydrogen) atoms. The van der Waals surface area contributed by atoms with Gasteiger partial charge in [0.25, 0.3) is 0 Å². The van der Waals surface area contributed by atoms with Crippen molar-refractivity contribution < 1.29 is 22.7 Å². The Balaban J connectivity index is 1.59. The predicted molar refractivity (Wildman–Crippen MR) is 104 cm³/mol. The molecule has 0 radical (unpaired) electrons. The number of carbonyl (C=O) groups excluding carboxylic acids is 1. The molecule has 1 aliphatic heterocycles. The first-order chi connectivity index (χ1) is 13.9. The van der Waals surface area contributed by atoms with E-state index < -0.39 is 22.5 Å². The van der Waals surface area contributed by atoms with Gasteiger partial charge in [0.2, 0.25) is 5.95 Å². The number of piperidine rings is 1. The summed E-state index contributed by atoms with van der Waals surface area (Å²) in [5, 5.41) is 6.41. The van der Waals surface area contributed by atoms with E-state index >= 15 is 0 Å². The molecule has 164 valence electrons. The van der Waals surface area contributed by atoms with Gasteiger partial charge in [-0.1, -0.05) is 11.6 Å². The molecule has 1 saturated heterocycles. The Morgan fingerprint density at radius 3 is 2.47 bits per heavy atom. The Hall–Kier alpha value is -2.56. The number of hydrogen-bond donors (Lipinski definition) is 1. The average Bonchev–Trinajstić information content (AvgIpc) is 3.08. The van der Waals surface area contributed by atoms with Crippen LogP contribution in [-0.4, -0.2) is 49.4 Å². The maximum absolute atomic E-state index is 12.7. The van der Waals surface area contributed by atoms with Crippen LogP contribution in [0.4, 0.5) is 29.6 Å². The van der Waals surface area contributed by atoms with Crippen molar-refractivity contribution in [1.82, 2.24) is 24.6 Å². The highest BCUT2D eigenvalue weighted by Crippen LogP contribution is 2.33. The normalized spacial score (nSPS) is 15.9. The van der Waals surface area contributed by atoms with Gasteiger partial charge >= 0.3 is 12.3 Å². The summed E-state index contributed by atoms with van der Waals surface area (Å²) in [7, 11) is 0. The molecule has 1 aliphatic rings.